The van der Waals surface area contributed by atoms with Crippen LogP contribution in [-0.2, 0) is 4.79 Å². The predicted octanol–water partition coefficient (Wildman–Crippen LogP) is 2.79. The highest BCUT2D eigenvalue weighted by Gasteiger charge is 2.11. The Morgan fingerprint density at radius 2 is 1.77 bits per heavy atom. The van der Waals surface area contributed by atoms with Crippen molar-refractivity contribution < 1.29 is 4.79 Å². The smallest absolute Gasteiger partial charge is 0.221 e. The molecule has 3 heterocycles. The lowest BCUT2D eigenvalue weighted by Gasteiger charge is -2.27. The van der Waals surface area contributed by atoms with Crippen LogP contribution in [0.3, 0.4) is 0 Å². The lowest BCUT2D eigenvalue weighted by atomic mass is 10.1. The van der Waals surface area contributed by atoms with Crippen molar-refractivity contribution in [3.8, 4) is 0 Å². The fourth-order valence-corrected chi connectivity index (χ4v) is 2.78. The Balaban J connectivity index is 0.000000246. The molecule has 22 heavy (non-hydrogen) atoms. The van der Waals surface area contributed by atoms with Gasteiger partial charge in [-0.05, 0) is 57.3 Å². The fraction of sp³-hybridized carbons (Fsp3) is 0.647. The van der Waals surface area contributed by atoms with E-state index in [1.54, 1.807) is 6.20 Å². The van der Waals surface area contributed by atoms with Gasteiger partial charge in [0.05, 0.1) is 11.9 Å². The summed E-state index contributed by atoms with van der Waals surface area (Å²) in [4.78, 5) is 17.5. The molecule has 1 amide bonds. The molecule has 2 aliphatic heterocycles. The third-order valence-corrected chi connectivity index (χ3v) is 3.96. The summed E-state index contributed by atoms with van der Waals surface area (Å²) in [6.45, 7) is 6.18. The van der Waals surface area contributed by atoms with E-state index in [4.69, 9.17) is 0 Å². The van der Waals surface area contributed by atoms with Crippen LogP contribution in [0.4, 0.5) is 11.5 Å². The van der Waals surface area contributed by atoms with Crippen LogP contribution in [0.2, 0.25) is 0 Å². The van der Waals surface area contributed by atoms with Gasteiger partial charge in [0.1, 0.15) is 5.82 Å². The molecular weight excluding hydrogens is 276 g/mol. The highest BCUT2D eigenvalue weighted by atomic mass is 16.1. The maximum Gasteiger partial charge on any atom is 0.221 e. The molecule has 1 aromatic rings. The molecule has 2 aliphatic rings. The number of pyridine rings is 1. The number of piperidine rings is 2. The van der Waals surface area contributed by atoms with Gasteiger partial charge in [-0.25, -0.2) is 4.98 Å². The third-order valence-electron chi connectivity index (χ3n) is 3.96. The van der Waals surface area contributed by atoms with Crippen molar-refractivity contribution in [1.29, 1.82) is 0 Å². The molecule has 0 aliphatic carbocycles. The number of aromatic nitrogens is 1. The van der Waals surface area contributed by atoms with E-state index in [2.05, 4.69) is 20.5 Å². The molecular formula is C17H28N4O. The van der Waals surface area contributed by atoms with Crippen molar-refractivity contribution >= 4 is 17.4 Å². The van der Waals surface area contributed by atoms with E-state index in [1.165, 1.54) is 58.5 Å². The maximum atomic E-state index is 10.9. The highest BCUT2D eigenvalue weighted by molar-refractivity contribution is 5.88. The van der Waals surface area contributed by atoms with Crippen molar-refractivity contribution in [2.45, 2.75) is 45.4 Å². The number of rotatable bonds is 2. The van der Waals surface area contributed by atoms with Gasteiger partial charge in [-0.2, -0.15) is 0 Å². The topological polar surface area (TPSA) is 57.3 Å². The standard InChI is InChI=1S/C12H17N3O.C5H11N/c1-10(16)14-11-5-6-12(13-9-11)15-7-3-2-4-8-15;1-2-4-6-5-3-1/h5-6,9H,2-4,7-8H2,1H3,(H,14,16);6H,1-5H2. The summed E-state index contributed by atoms with van der Waals surface area (Å²) < 4.78 is 0. The van der Waals surface area contributed by atoms with Gasteiger partial charge in [-0.15, -0.1) is 0 Å². The van der Waals surface area contributed by atoms with E-state index in [-0.39, 0.29) is 5.91 Å². The SMILES string of the molecule is C1CCNCC1.CC(=O)Nc1ccc(N2CCCCC2)nc1. The molecule has 1 aromatic heterocycles. The Morgan fingerprint density at radius 1 is 1.09 bits per heavy atom. The van der Waals surface area contributed by atoms with Crippen LogP contribution >= 0.6 is 0 Å². The van der Waals surface area contributed by atoms with E-state index in [1.807, 2.05) is 12.1 Å². The van der Waals surface area contributed by atoms with Crippen molar-refractivity contribution in [3.05, 3.63) is 18.3 Å². The summed E-state index contributed by atoms with van der Waals surface area (Å²) in [5.74, 6) is 0.946. The largest absolute Gasteiger partial charge is 0.357 e. The van der Waals surface area contributed by atoms with Crippen LogP contribution in [0.5, 0.6) is 0 Å². The number of carbonyl (C=O) groups is 1. The van der Waals surface area contributed by atoms with E-state index in [0.29, 0.717) is 0 Å². The molecule has 0 radical (unpaired) electrons. The van der Waals surface area contributed by atoms with E-state index in [0.717, 1.165) is 24.6 Å². The zero-order valence-electron chi connectivity index (χ0n) is 13.6. The number of carbonyl (C=O) groups excluding carboxylic acids is 1. The molecule has 0 aromatic carbocycles. The van der Waals surface area contributed by atoms with Crippen LogP contribution in [0.25, 0.3) is 0 Å². The van der Waals surface area contributed by atoms with Crippen molar-refractivity contribution in [3.63, 3.8) is 0 Å². The van der Waals surface area contributed by atoms with Gasteiger partial charge in [-0.1, -0.05) is 6.42 Å². The third kappa shape index (κ3) is 6.02. The first-order valence-electron chi connectivity index (χ1n) is 8.45. The lowest BCUT2D eigenvalue weighted by molar-refractivity contribution is -0.114. The van der Waals surface area contributed by atoms with Crippen LogP contribution in [0, 0.1) is 0 Å². The summed E-state index contributed by atoms with van der Waals surface area (Å²) in [6, 6.07) is 3.87. The van der Waals surface area contributed by atoms with Crippen molar-refractivity contribution in [2.24, 2.45) is 0 Å². The Hall–Kier alpha value is -1.62. The summed E-state index contributed by atoms with van der Waals surface area (Å²) in [5.41, 5.74) is 0.758. The molecule has 5 nitrogen and oxygen atoms in total. The second kappa shape index (κ2) is 9.41. The lowest BCUT2D eigenvalue weighted by Crippen LogP contribution is -2.30. The molecule has 122 valence electrons. The molecule has 2 saturated heterocycles. The minimum atomic E-state index is -0.0625. The number of nitrogens with zero attached hydrogens (tertiary/aromatic N) is 2. The number of hydrogen-bond donors (Lipinski definition) is 2. The van der Waals surface area contributed by atoms with E-state index < -0.39 is 0 Å². The van der Waals surface area contributed by atoms with Gasteiger partial charge in [0.15, 0.2) is 0 Å². The monoisotopic (exact) mass is 304 g/mol. The van der Waals surface area contributed by atoms with Crippen LogP contribution < -0.4 is 15.5 Å². The second-order valence-electron chi connectivity index (χ2n) is 5.94. The van der Waals surface area contributed by atoms with Crippen molar-refractivity contribution in [1.82, 2.24) is 10.3 Å². The van der Waals surface area contributed by atoms with Gasteiger partial charge in [0.25, 0.3) is 0 Å². The van der Waals surface area contributed by atoms with Gasteiger partial charge in [0.2, 0.25) is 5.91 Å². The second-order valence-corrected chi connectivity index (χ2v) is 5.94. The molecule has 5 heteroatoms. The number of nitrogens with one attached hydrogen (secondary N) is 2. The van der Waals surface area contributed by atoms with Gasteiger partial charge >= 0.3 is 0 Å². The Bertz CT molecular complexity index is 425. The van der Waals surface area contributed by atoms with Crippen LogP contribution in [-0.4, -0.2) is 37.1 Å². The zero-order chi connectivity index (χ0) is 15.6. The molecule has 0 saturated carbocycles. The number of hydrogen-bond acceptors (Lipinski definition) is 4. The van der Waals surface area contributed by atoms with Gasteiger partial charge in [-0.3, -0.25) is 4.79 Å². The number of amides is 1. The minimum absolute atomic E-state index is 0.0625. The van der Waals surface area contributed by atoms with E-state index in [9.17, 15) is 4.79 Å². The first kappa shape index (κ1) is 16.7. The quantitative estimate of drug-likeness (QED) is 0.882. The molecule has 0 spiro atoms. The highest BCUT2D eigenvalue weighted by Crippen LogP contribution is 2.18. The molecule has 0 atom stereocenters. The van der Waals surface area contributed by atoms with E-state index >= 15 is 0 Å². The average Bonchev–Trinajstić information content (AvgIpc) is 2.58. The van der Waals surface area contributed by atoms with Crippen LogP contribution in [0.15, 0.2) is 18.3 Å². The minimum Gasteiger partial charge on any atom is -0.357 e. The summed E-state index contributed by atoms with van der Waals surface area (Å²) in [7, 11) is 0. The molecule has 0 bridgehead atoms. The van der Waals surface area contributed by atoms with Crippen molar-refractivity contribution in [2.75, 3.05) is 36.4 Å². The fourth-order valence-electron chi connectivity index (χ4n) is 2.78. The molecule has 0 unspecified atom stereocenters. The predicted molar refractivity (Wildman–Crippen MR) is 91.3 cm³/mol. The van der Waals surface area contributed by atoms with Gasteiger partial charge in [0, 0.05) is 20.0 Å². The summed E-state index contributed by atoms with van der Waals surface area (Å²) in [6.07, 6.45) is 9.74. The molecule has 2 N–H and O–H groups in total. The normalized spacial score (nSPS) is 18.1. The first-order chi connectivity index (χ1) is 10.8. The Kier molecular flexibility index (Phi) is 7.16. The maximum absolute atomic E-state index is 10.9. The number of anilines is 2. The average molecular weight is 304 g/mol. The summed E-state index contributed by atoms with van der Waals surface area (Å²) >= 11 is 0. The first-order valence-corrected chi connectivity index (χ1v) is 8.45. The molecule has 3 rings (SSSR count). The molecule has 2 fully saturated rings. The Morgan fingerprint density at radius 3 is 2.23 bits per heavy atom. The zero-order valence-corrected chi connectivity index (χ0v) is 13.6. The summed E-state index contributed by atoms with van der Waals surface area (Å²) in [5, 5.41) is 6.00. The Labute approximate surface area is 133 Å². The van der Waals surface area contributed by atoms with Gasteiger partial charge < -0.3 is 15.5 Å². The van der Waals surface area contributed by atoms with Crippen LogP contribution in [0.1, 0.15) is 45.4 Å².